The van der Waals surface area contributed by atoms with Crippen molar-refractivity contribution in [1.29, 1.82) is 0 Å². The zero-order chi connectivity index (χ0) is 21.0. The Hall–Kier alpha value is -0.300. The second-order valence-electron chi connectivity index (χ2n) is 12.7. The lowest BCUT2D eigenvalue weighted by molar-refractivity contribution is -0.128. The van der Waals surface area contributed by atoms with Crippen molar-refractivity contribution in [2.45, 2.75) is 105 Å². The molecule has 0 aromatic heterocycles. The molecule has 0 heterocycles. The number of rotatable bonds is 4. The molecule has 4 aliphatic carbocycles. The third kappa shape index (κ3) is 3.66. The number of aliphatic hydroxyl groups excluding tert-OH is 1. The lowest BCUT2D eigenvalue weighted by Crippen LogP contribution is -2.54. The molecule has 166 valence electrons. The van der Waals surface area contributed by atoms with Crippen LogP contribution in [0.5, 0.6) is 0 Å². The predicted molar refractivity (Wildman–Crippen MR) is 124 cm³/mol. The minimum atomic E-state index is -0.0183. The third-order valence-electron chi connectivity index (χ3n) is 11.1. The smallest absolute Gasteiger partial charge is 0.0543 e. The van der Waals surface area contributed by atoms with E-state index in [-0.39, 0.29) is 6.10 Å². The quantitative estimate of drug-likeness (QED) is 0.485. The molecule has 1 N–H and O–H groups in total. The van der Waals surface area contributed by atoms with E-state index in [2.05, 4.69) is 53.7 Å². The highest BCUT2D eigenvalue weighted by atomic mass is 16.3. The van der Waals surface area contributed by atoms with E-state index in [1.54, 1.807) is 0 Å². The summed E-state index contributed by atoms with van der Waals surface area (Å²) in [5.41, 5.74) is 1.07. The highest BCUT2D eigenvalue weighted by Gasteiger charge is 2.60. The van der Waals surface area contributed by atoms with Crippen LogP contribution in [0.25, 0.3) is 0 Å². The molecule has 29 heavy (non-hydrogen) atoms. The van der Waals surface area contributed by atoms with Gasteiger partial charge in [-0.05, 0) is 116 Å². The van der Waals surface area contributed by atoms with Crippen LogP contribution < -0.4 is 0 Å². The van der Waals surface area contributed by atoms with Gasteiger partial charge in [-0.3, -0.25) is 0 Å². The Kier molecular flexibility index (Phi) is 6.04. The molecule has 1 heteroatoms. The van der Waals surface area contributed by atoms with Gasteiger partial charge >= 0.3 is 0 Å². The summed E-state index contributed by atoms with van der Waals surface area (Å²) in [5.74, 6) is 6.66. The Morgan fingerprint density at radius 3 is 2.21 bits per heavy atom. The molecule has 0 aromatic carbocycles. The van der Waals surface area contributed by atoms with E-state index < -0.39 is 0 Å². The Balaban J connectivity index is 1.50. The van der Waals surface area contributed by atoms with Gasteiger partial charge in [0.1, 0.15) is 0 Å². The molecule has 4 saturated carbocycles. The van der Waals surface area contributed by atoms with Gasteiger partial charge in [-0.2, -0.15) is 0 Å². The van der Waals surface area contributed by atoms with E-state index in [4.69, 9.17) is 0 Å². The fourth-order valence-electron chi connectivity index (χ4n) is 8.85. The lowest BCUT2D eigenvalue weighted by atomic mass is 9.44. The van der Waals surface area contributed by atoms with Crippen LogP contribution in [0.2, 0.25) is 0 Å². The molecular weight excluding hydrogens is 352 g/mol. The molecule has 0 spiro atoms. The van der Waals surface area contributed by atoms with Crippen molar-refractivity contribution in [1.82, 2.24) is 0 Å². The summed E-state index contributed by atoms with van der Waals surface area (Å²) in [6.45, 7) is 14.9. The van der Waals surface area contributed by atoms with Gasteiger partial charge < -0.3 is 5.11 Å². The van der Waals surface area contributed by atoms with Gasteiger partial charge in [-0.25, -0.2) is 0 Å². The van der Waals surface area contributed by atoms with Crippen molar-refractivity contribution in [3.63, 3.8) is 0 Å². The highest BCUT2D eigenvalue weighted by molar-refractivity contribution is 5.11. The summed E-state index contributed by atoms with van der Waals surface area (Å²) in [6.07, 6.45) is 17.1. The van der Waals surface area contributed by atoms with Crippen molar-refractivity contribution < 1.29 is 5.11 Å². The number of aliphatic hydroxyl groups is 1. The molecule has 0 radical (unpaired) electrons. The van der Waals surface area contributed by atoms with Crippen molar-refractivity contribution in [2.75, 3.05) is 0 Å². The van der Waals surface area contributed by atoms with Crippen LogP contribution in [-0.2, 0) is 0 Å². The monoisotopic (exact) mass is 400 g/mol. The molecule has 1 nitrogen and oxygen atoms in total. The number of fused-ring (bicyclic) bond motifs is 5. The second-order valence-corrected chi connectivity index (χ2v) is 12.7. The average Bonchev–Trinajstić information content (AvgIpc) is 3.03. The Morgan fingerprint density at radius 1 is 0.793 bits per heavy atom. The summed E-state index contributed by atoms with van der Waals surface area (Å²) in [5, 5.41) is 10.3. The zero-order valence-electron chi connectivity index (χ0n) is 20.2. The molecule has 0 bridgehead atoms. The molecule has 4 fully saturated rings. The van der Waals surface area contributed by atoms with Gasteiger partial charge in [0.15, 0.2) is 0 Å². The Bertz CT molecular complexity index is 607. The lowest BCUT2D eigenvalue weighted by Gasteiger charge is -2.61. The first-order chi connectivity index (χ1) is 13.7. The van der Waals surface area contributed by atoms with Crippen molar-refractivity contribution in [3.8, 4) is 0 Å². The molecule has 0 amide bonds. The summed E-state index contributed by atoms with van der Waals surface area (Å²) >= 11 is 0. The van der Waals surface area contributed by atoms with E-state index in [0.717, 1.165) is 54.3 Å². The molecule has 6 unspecified atom stereocenters. The fourth-order valence-corrected chi connectivity index (χ4v) is 8.85. The van der Waals surface area contributed by atoms with E-state index in [0.29, 0.717) is 16.7 Å². The van der Waals surface area contributed by atoms with Gasteiger partial charge in [0.2, 0.25) is 0 Å². The largest absolute Gasteiger partial charge is 0.393 e. The van der Waals surface area contributed by atoms with Gasteiger partial charge in [0.05, 0.1) is 6.10 Å². The molecular formula is C28H48O. The van der Waals surface area contributed by atoms with Crippen LogP contribution in [0, 0.1) is 58.2 Å². The van der Waals surface area contributed by atoms with Crippen molar-refractivity contribution in [3.05, 3.63) is 12.2 Å². The number of hydrogen-bond donors (Lipinski definition) is 1. The maximum atomic E-state index is 10.3. The molecule has 4 rings (SSSR count). The summed E-state index contributed by atoms with van der Waals surface area (Å²) in [6, 6.07) is 0. The molecule has 4 aliphatic rings. The average molecular weight is 401 g/mol. The SMILES string of the molecule is CC(C)[C@@H](C)/C=C/[C@@H](C)C1CCC2C3CCC4C[C@@H](O)CC[C@]4(C)C3CCC21C. The maximum Gasteiger partial charge on any atom is 0.0543 e. The highest BCUT2D eigenvalue weighted by Crippen LogP contribution is 2.68. The molecule has 10 atom stereocenters. The first kappa shape index (κ1) is 21.9. The van der Waals surface area contributed by atoms with Crippen LogP contribution in [0.3, 0.4) is 0 Å². The van der Waals surface area contributed by atoms with Crippen molar-refractivity contribution >= 4 is 0 Å². The molecule has 0 saturated heterocycles. The van der Waals surface area contributed by atoms with Gasteiger partial charge in [-0.15, -0.1) is 0 Å². The minimum absolute atomic E-state index is 0.0183. The Labute approximate surface area is 181 Å². The van der Waals surface area contributed by atoms with E-state index in [1.807, 2.05) is 0 Å². The van der Waals surface area contributed by atoms with Crippen LogP contribution in [0.4, 0.5) is 0 Å². The van der Waals surface area contributed by atoms with Crippen LogP contribution in [0.1, 0.15) is 99.3 Å². The third-order valence-corrected chi connectivity index (χ3v) is 11.1. The number of hydrogen-bond acceptors (Lipinski definition) is 1. The predicted octanol–water partition coefficient (Wildman–Crippen LogP) is 7.49. The topological polar surface area (TPSA) is 20.2 Å². The van der Waals surface area contributed by atoms with Crippen LogP contribution in [-0.4, -0.2) is 11.2 Å². The first-order valence-corrected chi connectivity index (χ1v) is 13.0. The summed E-state index contributed by atoms with van der Waals surface area (Å²) < 4.78 is 0. The molecule has 0 aliphatic heterocycles. The second kappa shape index (κ2) is 7.99. The van der Waals surface area contributed by atoms with Crippen LogP contribution in [0.15, 0.2) is 12.2 Å². The van der Waals surface area contributed by atoms with E-state index >= 15 is 0 Å². The summed E-state index contributed by atoms with van der Waals surface area (Å²) in [7, 11) is 0. The van der Waals surface area contributed by atoms with E-state index in [9.17, 15) is 5.11 Å². The van der Waals surface area contributed by atoms with Crippen molar-refractivity contribution in [2.24, 2.45) is 58.2 Å². The van der Waals surface area contributed by atoms with Gasteiger partial charge in [0, 0.05) is 0 Å². The first-order valence-electron chi connectivity index (χ1n) is 13.0. The van der Waals surface area contributed by atoms with E-state index in [1.165, 1.54) is 44.9 Å². The minimum Gasteiger partial charge on any atom is -0.393 e. The number of allylic oxidation sites excluding steroid dienone is 2. The molecule has 0 aromatic rings. The normalized spacial score (nSPS) is 49.5. The zero-order valence-corrected chi connectivity index (χ0v) is 20.2. The Morgan fingerprint density at radius 2 is 1.48 bits per heavy atom. The standard InChI is InChI=1S/C28H48O/c1-18(2)19(3)7-8-20(4)24-11-12-25-23-10-9-21-17-22(29)13-15-27(21,5)26(23)14-16-28(24,25)6/h7-8,18-26,29H,9-17H2,1-6H3/b8-7+/t19-,20+,21?,22-,23?,24?,25?,26?,27-,28?/m0/s1. The fraction of sp³-hybridized carbons (Fsp3) is 0.929. The van der Waals surface area contributed by atoms with Gasteiger partial charge in [-0.1, -0.05) is 53.7 Å². The maximum absolute atomic E-state index is 10.3. The van der Waals surface area contributed by atoms with Gasteiger partial charge in [0.25, 0.3) is 0 Å². The summed E-state index contributed by atoms with van der Waals surface area (Å²) in [4.78, 5) is 0. The van der Waals surface area contributed by atoms with Crippen LogP contribution >= 0.6 is 0 Å².